The summed E-state index contributed by atoms with van der Waals surface area (Å²) in [5.41, 5.74) is 0.109. The van der Waals surface area contributed by atoms with E-state index in [2.05, 4.69) is 9.05 Å². The van der Waals surface area contributed by atoms with Gasteiger partial charge < -0.3 is 18.9 Å². The Morgan fingerprint density at radius 3 is 2.06 bits per heavy atom. The van der Waals surface area contributed by atoms with Crippen LogP contribution in [0.4, 0.5) is 0 Å². The van der Waals surface area contributed by atoms with Gasteiger partial charge in [0.15, 0.2) is 0 Å². The van der Waals surface area contributed by atoms with Gasteiger partial charge in [-0.05, 0) is 12.1 Å². The van der Waals surface area contributed by atoms with E-state index in [1.165, 1.54) is 31.4 Å². The van der Waals surface area contributed by atoms with E-state index in [9.17, 15) is 9.67 Å². The first-order chi connectivity index (χ1) is 8.47. The van der Waals surface area contributed by atoms with Gasteiger partial charge in [-0.3, -0.25) is 4.57 Å². The van der Waals surface area contributed by atoms with Crippen molar-refractivity contribution < 1.29 is 23.5 Å². The number of ether oxygens (including phenoxy) is 1. The number of methoxy groups -OCH3 is 1. The number of rotatable bonds is 5. The Labute approximate surface area is 105 Å². The van der Waals surface area contributed by atoms with E-state index in [0.717, 1.165) is 14.2 Å². The van der Waals surface area contributed by atoms with Crippen LogP contribution in [0.5, 0.6) is 5.75 Å². The monoisotopic (exact) mass is 271 g/mol. The van der Waals surface area contributed by atoms with Gasteiger partial charge in [0.2, 0.25) is 0 Å². The highest BCUT2D eigenvalue weighted by atomic mass is 31.2. The van der Waals surface area contributed by atoms with Crippen LogP contribution in [-0.4, -0.2) is 26.4 Å². The summed E-state index contributed by atoms with van der Waals surface area (Å²) in [6, 6.07) is 7.49. The molecule has 0 heterocycles. The molecule has 0 saturated heterocycles. The van der Waals surface area contributed by atoms with Gasteiger partial charge in [0.05, 0.1) is 7.11 Å². The number of nitriles is 1. The van der Waals surface area contributed by atoms with E-state index in [1.54, 1.807) is 6.07 Å². The normalized spacial score (nSPS) is 14.6. The highest BCUT2D eigenvalue weighted by Crippen LogP contribution is 2.62. The second kappa shape index (κ2) is 5.51. The second-order valence-corrected chi connectivity index (χ2v) is 5.75. The fraction of sp³-hybridized carbons (Fsp3) is 0.364. The van der Waals surface area contributed by atoms with Crippen molar-refractivity contribution in [2.24, 2.45) is 0 Å². The summed E-state index contributed by atoms with van der Waals surface area (Å²) in [5, 5.41) is 17.0. The number of nitrogens with zero attached hydrogens (tertiary/aromatic N) is 1. The van der Waals surface area contributed by atoms with Crippen LogP contribution in [-0.2, 0) is 19.0 Å². The average molecular weight is 271 g/mol. The van der Waals surface area contributed by atoms with Crippen LogP contribution in [0.25, 0.3) is 0 Å². The lowest BCUT2D eigenvalue weighted by Crippen LogP contribution is -2.25. The molecule has 1 aromatic carbocycles. The highest BCUT2D eigenvalue weighted by Gasteiger charge is 2.51. The van der Waals surface area contributed by atoms with Gasteiger partial charge in [0, 0.05) is 19.8 Å². The fourth-order valence-electron chi connectivity index (χ4n) is 1.45. The van der Waals surface area contributed by atoms with Crippen molar-refractivity contribution in [3.8, 4) is 11.8 Å². The van der Waals surface area contributed by atoms with Crippen LogP contribution in [0.1, 0.15) is 5.56 Å². The van der Waals surface area contributed by atoms with E-state index < -0.39 is 12.9 Å². The molecule has 1 unspecified atom stereocenters. The van der Waals surface area contributed by atoms with Crippen LogP contribution in [0, 0.1) is 11.3 Å². The molecule has 0 spiro atoms. The third kappa shape index (κ3) is 2.26. The first-order valence-corrected chi connectivity index (χ1v) is 6.51. The average Bonchev–Trinajstić information content (AvgIpc) is 2.45. The van der Waals surface area contributed by atoms with E-state index in [4.69, 9.17) is 10.00 Å². The van der Waals surface area contributed by atoms with Gasteiger partial charge in [-0.1, -0.05) is 12.1 Å². The van der Waals surface area contributed by atoms with Gasteiger partial charge >= 0.3 is 7.60 Å². The standard InChI is InChI=1S/C11H14NO5P/c1-15-10-6-4-9(5-7-10)11(13,8-12)18(14,16-2)17-3/h4-7,13H,1-3H3. The quantitative estimate of drug-likeness (QED) is 0.649. The third-order valence-electron chi connectivity index (χ3n) is 2.53. The molecule has 1 atom stereocenters. The van der Waals surface area contributed by atoms with Crippen molar-refractivity contribution in [3.63, 3.8) is 0 Å². The Bertz CT molecular complexity index is 487. The molecule has 1 rings (SSSR count). The third-order valence-corrected chi connectivity index (χ3v) is 4.64. The van der Waals surface area contributed by atoms with Gasteiger partial charge in [-0.2, -0.15) is 5.26 Å². The molecule has 0 aliphatic carbocycles. The minimum absolute atomic E-state index is 0.109. The Balaban J connectivity index is 3.31. The van der Waals surface area contributed by atoms with Crippen LogP contribution in [0.15, 0.2) is 24.3 Å². The van der Waals surface area contributed by atoms with Crippen molar-refractivity contribution in [1.82, 2.24) is 0 Å². The summed E-state index contributed by atoms with van der Waals surface area (Å²) in [6.07, 6.45) is 0. The van der Waals surface area contributed by atoms with E-state index in [0.29, 0.717) is 5.75 Å². The smallest absolute Gasteiger partial charge is 0.380 e. The molecule has 6 nitrogen and oxygen atoms in total. The molecule has 98 valence electrons. The Hall–Kier alpha value is -1.38. The molecule has 7 heteroatoms. The van der Waals surface area contributed by atoms with Crippen LogP contribution in [0.3, 0.4) is 0 Å². The Kier molecular flexibility index (Phi) is 4.49. The van der Waals surface area contributed by atoms with E-state index >= 15 is 0 Å². The number of hydrogen-bond acceptors (Lipinski definition) is 6. The lowest BCUT2D eigenvalue weighted by atomic mass is 10.1. The van der Waals surface area contributed by atoms with Crippen LogP contribution < -0.4 is 4.74 Å². The topological polar surface area (TPSA) is 88.8 Å². The lowest BCUT2D eigenvalue weighted by molar-refractivity contribution is 0.124. The maximum absolute atomic E-state index is 12.2. The first-order valence-electron chi connectivity index (χ1n) is 4.97. The zero-order valence-corrected chi connectivity index (χ0v) is 11.2. The van der Waals surface area contributed by atoms with Crippen molar-refractivity contribution in [2.75, 3.05) is 21.3 Å². The predicted octanol–water partition coefficient (Wildman–Crippen LogP) is 1.85. The summed E-state index contributed by atoms with van der Waals surface area (Å²) in [5.74, 6) is 0.545. The van der Waals surface area contributed by atoms with Gasteiger partial charge in [0.1, 0.15) is 11.8 Å². The zero-order valence-electron chi connectivity index (χ0n) is 10.3. The fourth-order valence-corrected chi connectivity index (χ4v) is 2.71. The van der Waals surface area contributed by atoms with Crippen molar-refractivity contribution in [1.29, 1.82) is 5.26 Å². The molecule has 0 bridgehead atoms. The summed E-state index contributed by atoms with van der Waals surface area (Å²) >= 11 is 0. The largest absolute Gasteiger partial charge is 0.497 e. The Morgan fingerprint density at radius 2 is 1.72 bits per heavy atom. The lowest BCUT2D eigenvalue weighted by Gasteiger charge is -2.27. The molecule has 0 fully saturated rings. The molecular weight excluding hydrogens is 257 g/mol. The maximum Gasteiger partial charge on any atom is 0.380 e. The second-order valence-electron chi connectivity index (χ2n) is 3.38. The van der Waals surface area contributed by atoms with Gasteiger partial charge in [-0.15, -0.1) is 0 Å². The zero-order chi connectivity index (χ0) is 13.8. The number of hydrogen-bond donors (Lipinski definition) is 1. The first kappa shape index (κ1) is 14.7. The molecule has 0 radical (unpaired) electrons. The molecule has 0 amide bonds. The Morgan fingerprint density at radius 1 is 1.22 bits per heavy atom. The molecular formula is C11H14NO5P. The predicted molar refractivity (Wildman–Crippen MR) is 64.1 cm³/mol. The van der Waals surface area contributed by atoms with E-state index in [-0.39, 0.29) is 5.56 Å². The van der Waals surface area contributed by atoms with E-state index in [1.807, 2.05) is 0 Å². The molecule has 0 saturated carbocycles. The highest BCUT2D eigenvalue weighted by molar-refractivity contribution is 7.55. The minimum atomic E-state index is -4.00. The molecule has 0 aromatic heterocycles. The van der Waals surface area contributed by atoms with Gasteiger partial charge in [0.25, 0.3) is 5.34 Å². The van der Waals surface area contributed by atoms with Gasteiger partial charge in [-0.25, -0.2) is 0 Å². The number of aliphatic hydroxyl groups is 1. The molecule has 18 heavy (non-hydrogen) atoms. The van der Waals surface area contributed by atoms with Crippen molar-refractivity contribution in [3.05, 3.63) is 29.8 Å². The summed E-state index contributed by atoms with van der Waals surface area (Å²) in [6.45, 7) is 0. The van der Waals surface area contributed by atoms with Crippen molar-refractivity contribution >= 4 is 7.60 Å². The van der Waals surface area contributed by atoms with Crippen LogP contribution in [0.2, 0.25) is 0 Å². The molecule has 1 aromatic rings. The summed E-state index contributed by atoms with van der Waals surface area (Å²) < 4.78 is 26.5. The van der Waals surface area contributed by atoms with Crippen molar-refractivity contribution in [2.45, 2.75) is 5.34 Å². The summed E-state index contributed by atoms with van der Waals surface area (Å²) in [7, 11) is -0.294. The molecule has 1 N–H and O–H groups in total. The minimum Gasteiger partial charge on any atom is -0.497 e. The summed E-state index contributed by atoms with van der Waals surface area (Å²) in [4.78, 5) is 0. The molecule has 0 aliphatic heterocycles. The SMILES string of the molecule is COc1ccc(C(O)(C#N)P(=O)(OC)OC)cc1. The molecule has 0 aliphatic rings. The maximum atomic E-state index is 12.2. The number of benzene rings is 1. The van der Waals surface area contributed by atoms with Crippen LogP contribution >= 0.6 is 7.60 Å².